The number of benzene rings is 2. The van der Waals surface area contributed by atoms with Crippen LogP contribution < -0.4 is 15.8 Å². The van der Waals surface area contributed by atoms with Gasteiger partial charge >= 0.3 is 0 Å². The molecule has 0 atom stereocenters. The van der Waals surface area contributed by atoms with Crippen LogP contribution in [0, 0.1) is 0 Å². The minimum Gasteiger partial charge on any atom is -0.484 e. The molecule has 0 unspecified atom stereocenters. The summed E-state index contributed by atoms with van der Waals surface area (Å²) in [6, 6.07) is 16.2. The summed E-state index contributed by atoms with van der Waals surface area (Å²) in [5.74, 6) is 1.01. The van der Waals surface area contributed by atoms with Gasteiger partial charge in [0.15, 0.2) is 12.6 Å². The largest absolute Gasteiger partial charge is 0.484 e. The Morgan fingerprint density at radius 2 is 1.76 bits per heavy atom. The second-order valence-corrected chi connectivity index (χ2v) is 7.21. The molecule has 1 amide bonds. The van der Waals surface area contributed by atoms with E-state index in [0.717, 1.165) is 25.5 Å². The zero-order chi connectivity index (χ0) is 20.4. The third kappa shape index (κ3) is 8.95. The monoisotopic (exact) mass is 528 g/mol. The van der Waals surface area contributed by atoms with E-state index >= 15 is 0 Å². The number of guanidine groups is 1. The number of carbonyl (C=O) groups is 1. The van der Waals surface area contributed by atoms with Crippen LogP contribution in [0.5, 0.6) is 5.75 Å². The van der Waals surface area contributed by atoms with Gasteiger partial charge < -0.3 is 20.7 Å². The second-order valence-electron chi connectivity index (χ2n) is 6.33. The Kier molecular flexibility index (Phi) is 11.5. The summed E-state index contributed by atoms with van der Waals surface area (Å²) < 4.78 is 5.27. The van der Waals surface area contributed by atoms with Crippen LogP contribution >= 0.6 is 35.7 Å². The van der Waals surface area contributed by atoms with Gasteiger partial charge in [-0.15, -0.1) is 35.7 Å². The minimum absolute atomic E-state index is 0. The van der Waals surface area contributed by atoms with Crippen molar-refractivity contribution in [2.45, 2.75) is 17.9 Å². The van der Waals surface area contributed by atoms with Gasteiger partial charge in [-0.05, 0) is 48.1 Å². The molecule has 0 aliphatic rings. The number of nitrogens with two attached hydrogens (primary N) is 1. The summed E-state index contributed by atoms with van der Waals surface area (Å²) in [6.07, 6.45) is 2.93. The SMILES string of the molecule is CN=C(NCCc1ccc(OCC(N)=O)cc1)N(C)Cc1ccc(SC)cc1.I. The third-order valence-electron chi connectivity index (χ3n) is 4.15. The highest BCUT2D eigenvalue weighted by molar-refractivity contribution is 14.0. The van der Waals surface area contributed by atoms with E-state index in [0.29, 0.717) is 5.75 Å². The molecule has 3 N–H and O–H groups in total. The molecule has 0 saturated heterocycles. The van der Waals surface area contributed by atoms with Crippen molar-refractivity contribution in [3.63, 3.8) is 0 Å². The van der Waals surface area contributed by atoms with Crippen LogP contribution in [-0.4, -0.2) is 50.3 Å². The van der Waals surface area contributed by atoms with Crippen LogP contribution in [0.2, 0.25) is 0 Å². The minimum atomic E-state index is -0.482. The predicted octanol–water partition coefficient (Wildman–Crippen LogP) is 3.14. The van der Waals surface area contributed by atoms with E-state index in [1.165, 1.54) is 16.0 Å². The van der Waals surface area contributed by atoms with E-state index in [1.54, 1.807) is 18.8 Å². The molecule has 2 aromatic rings. The first-order valence-electron chi connectivity index (χ1n) is 9.06. The van der Waals surface area contributed by atoms with Crippen molar-refractivity contribution < 1.29 is 9.53 Å². The van der Waals surface area contributed by atoms with Gasteiger partial charge in [-0.2, -0.15) is 0 Å². The number of nitrogens with zero attached hydrogens (tertiary/aromatic N) is 2. The molecule has 0 bridgehead atoms. The van der Waals surface area contributed by atoms with Gasteiger partial charge in [-0.25, -0.2) is 0 Å². The number of rotatable bonds is 9. The van der Waals surface area contributed by atoms with Crippen LogP contribution in [0.25, 0.3) is 0 Å². The van der Waals surface area contributed by atoms with Crippen molar-refractivity contribution in [2.75, 3.05) is 33.5 Å². The number of hydrogen-bond acceptors (Lipinski definition) is 4. The molecule has 0 radical (unpaired) electrons. The quantitative estimate of drug-likeness (QED) is 0.226. The molecule has 0 aliphatic heterocycles. The lowest BCUT2D eigenvalue weighted by Gasteiger charge is -2.22. The Morgan fingerprint density at radius 3 is 2.31 bits per heavy atom. The highest BCUT2D eigenvalue weighted by atomic mass is 127. The van der Waals surface area contributed by atoms with Crippen LogP contribution in [0.15, 0.2) is 58.4 Å². The maximum atomic E-state index is 10.7. The molecule has 2 rings (SSSR count). The first-order valence-corrected chi connectivity index (χ1v) is 10.3. The van der Waals surface area contributed by atoms with E-state index in [2.05, 4.69) is 45.7 Å². The smallest absolute Gasteiger partial charge is 0.255 e. The van der Waals surface area contributed by atoms with Crippen molar-refractivity contribution in [3.05, 3.63) is 59.7 Å². The molecular weight excluding hydrogens is 499 g/mol. The number of aliphatic imine (C=N–C) groups is 1. The average Bonchev–Trinajstić information content (AvgIpc) is 2.71. The summed E-state index contributed by atoms with van der Waals surface area (Å²) in [5, 5.41) is 3.39. The predicted molar refractivity (Wildman–Crippen MR) is 131 cm³/mol. The molecule has 0 spiro atoms. The molecule has 158 valence electrons. The molecule has 0 saturated carbocycles. The Labute approximate surface area is 194 Å². The van der Waals surface area contributed by atoms with E-state index in [4.69, 9.17) is 10.5 Å². The van der Waals surface area contributed by atoms with Crippen LogP contribution in [-0.2, 0) is 17.8 Å². The summed E-state index contributed by atoms with van der Waals surface area (Å²) in [7, 11) is 3.82. The van der Waals surface area contributed by atoms with Gasteiger partial charge in [0.2, 0.25) is 0 Å². The Bertz CT molecular complexity index is 782. The Morgan fingerprint density at radius 1 is 1.14 bits per heavy atom. The molecule has 8 heteroatoms. The van der Waals surface area contributed by atoms with E-state index in [1.807, 2.05) is 31.3 Å². The van der Waals surface area contributed by atoms with Crippen LogP contribution in [0.1, 0.15) is 11.1 Å². The molecular formula is C21H29IN4O2S. The van der Waals surface area contributed by atoms with Gasteiger partial charge in [0, 0.05) is 32.1 Å². The molecule has 0 fully saturated rings. The zero-order valence-electron chi connectivity index (χ0n) is 17.1. The molecule has 29 heavy (non-hydrogen) atoms. The molecule has 2 aromatic carbocycles. The molecule has 0 aromatic heterocycles. The first-order chi connectivity index (χ1) is 13.5. The number of primary amides is 1. The Hall–Kier alpha value is -1.94. The van der Waals surface area contributed by atoms with Gasteiger partial charge in [-0.1, -0.05) is 24.3 Å². The third-order valence-corrected chi connectivity index (χ3v) is 4.90. The van der Waals surface area contributed by atoms with Gasteiger partial charge in [0.1, 0.15) is 5.75 Å². The number of amides is 1. The maximum Gasteiger partial charge on any atom is 0.255 e. The maximum absolute atomic E-state index is 10.7. The molecule has 0 aliphatic carbocycles. The molecule has 0 heterocycles. The van der Waals surface area contributed by atoms with Gasteiger partial charge in [0.05, 0.1) is 0 Å². The fourth-order valence-electron chi connectivity index (χ4n) is 2.69. The van der Waals surface area contributed by atoms with Gasteiger partial charge in [0.25, 0.3) is 5.91 Å². The summed E-state index contributed by atoms with van der Waals surface area (Å²) in [6.45, 7) is 1.45. The first kappa shape index (κ1) is 25.1. The fourth-order valence-corrected chi connectivity index (χ4v) is 3.10. The van der Waals surface area contributed by atoms with Gasteiger partial charge in [-0.3, -0.25) is 9.79 Å². The van der Waals surface area contributed by atoms with Crippen molar-refractivity contribution in [2.24, 2.45) is 10.7 Å². The number of ether oxygens (including phenoxy) is 1. The van der Waals surface area contributed by atoms with E-state index in [-0.39, 0.29) is 30.6 Å². The van der Waals surface area contributed by atoms with Crippen molar-refractivity contribution in [1.82, 2.24) is 10.2 Å². The zero-order valence-corrected chi connectivity index (χ0v) is 20.2. The lowest BCUT2D eigenvalue weighted by molar-refractivity contribution is -0.119. The van der Waals surface area contributed by atoms with Crippen molar-refractivity contribution >= 4 is 47.6 Å². The van der Waals surface area contributed by atoms with E-state index in [9.17, 15) is 4.79 Å². The summed E-state index contributed by atoms with van der Waals surface area (Å²) in [4.78, 5) is 18.5. The topological polar surface area (TPSA) is 80.0 Å². The number of carbonyl (C=O) groups excluding carboxylic acids is 1. The number of halogens is 1. The lowest BCUT2D eigenvalue weighted by Crippen LogP contribution is -2.39. The lowest BCUT2D eigenvalue weighted by atomic mass is 10.1. The average molecular weight is 528 g/mol. The molecule has 6 nitrogen and oxygen atoms in total. The van der Waals surface area contributed by atoms with Crippen molar-refractivity contribution in [3.8, 4) is 5.75 Å². The van der Waals surface area contributed by atoms with Crippen LogP contribution in [0.3, 0.4) is 0 Å². The normalized spacial score (nSPS) is 10.8. The summed E-state index contributed by atoms with van der Waals surface area (Å²) >= 11 is 1.74. The highest BCUT2D eigenvalue weighted by Gasteiger charge is 2.07. The standard InChI is InChI=1S/C21H28N4O2S.HI/c1-23-21(25(2)14-17-6-10-19(28-3)11-7-17)24-13-12-16-4-8-18(9-5-16)27-15-20(22)26;/h4-11H,12-15H2,1-3H3,(H2,22,26)(H,23,24);1H. The Balaban J connectivity index is 0.00000420. The van der Waals surface area contributed by atoms with Crippen LogP contribution in [0.4, 0.5) is 0 Å². The summed E-state index contributed by atoms with van der Waals surface area (Å²) in [5.41, 5.74) is 7.49. The number of nitrogens with one attached hydrogen (secondary N) is 1. The number of hydrogen-bond donors (Lipinski definition) is 2. The second kappa shape index (κ2) is 13.3. The van der Waals surface area contributed by atoms with E-state index < -0.39 is 5.91 Å². The highest BCUT2D eigenvalue weighted by Crippen LogP contribution is 2.16. The fraction of sp³-hybridized carbons (Fsp3) is 0.333. The number of thioether (sulfide) groups is 1. The van der Waals surface area contributed by atoms with Crippen molar-refractivity contribution in [1.29, 1.82) is 0 Å².